The van der Waals surface area contributed by atoms with Crippen LogP contribution in [0.2, 0.25) is 5.02 Å². The van der Waals surface area contributed by atoms with E-state index < -0.39 is 0 Å². The molecule has 1 aromatic carbocycles. The van der Waals surface area contributed by atoms with Crippen LogP contribution in [0.5, 0.6) is 5.75 Å². The van der Waals surface area contributed by atoms with Gasteiger partial charge >= 0.3 is 0 Å². The molecule has 0 radical (unpaired) electrons. The van der Waals surface area contributed by atoms with Crippen LogP contribution >= 0.6 is 23.8 Å². The Balaban J connectivity index is 1.37. The summed E-state index contributed by atoms with van der Waals surface area (Å²) in [5, 5.41) is 3.88. The fraction of sp³-hybridized carbons (Fsp3) is 0.591. The first kappa shape index (κ1) is 23.2. The molecule has 2 aliphatic heterocycles. The Morgan fingerprint density at radius 2 is 1.97 bits per heavy atom. The summed E-state index contributed by atoms with van der Waals surface area (Å²) in [6, 6.07) is 5.40. The number of nitrogens with zero attached hydrogens (tertiary/aromatic N) is 4. The van der Waals surface area contributed by atoms with Gasteiger partial charge in [-0.3, -0.25) is 14.8 Å². The van der Waals surface area contributed by atoms with E-state index >= 15 is 0 Å². The van der Waals surface area contributed by atoms with Crippen molar-refractivity contribution in [2.24, 2.45) is 5.92 Å². The van der Waals surface area contributed by atoms with Gasteiger partial charge in [0.15, 0.2) is 5.82 Å². The fourth-order valence-corrected chi connectivity index (χ4v) is 4.94. The molecule has 8 nitrogen and oxygen atoms in total. The molecule has 2 saturated heterocycles. The van der Waals surface area contributed by atoms with E-state index in [9.17, 15) is 4.79 Å². The molecule has 2 aliphatic rings. The van der Waals surface area contributed by atoms with Crippen LogP contribution in [-0.2, 0) is 16.2 Å². The van der Waals surface area contributed by atoms with Gasteiger partial charge in [-0.05, 0) is 57.1 Å². The van der Waals surface area contributed by atoms with Gasteiger partial charge < -0.3 is 14.4 Å². The molecular formula is C22H30ClN5O3S. The van der Waals surface area contributed by atoms with Gasteiger partial charge in [-0.15, -0.1) is 0 Å². The second-order valence-electron chi connectivity index (χ2n) is 8.66. The fourth-order valence-electron chi connectivity index (χ4n) is 4.58. The molecule has 32 heavy (non-hydrogen) atoms. The number of aromatic nitrogens is 3. The van der Waals surface area contributed by atoms with Gasteiger partial charge in [0.25, 0.3) is 0 Å². The number of carbonyl (C=O) groups is 1. The molecule has 2 unspecified atom stereocenters. The Bertz CT molecular complexity index is 1010. The maximum Gasteiger partial charge on any atom is 0.225 e. The van der Waals surface area contributed by atoms with Crippen LogP contribution in [0.15, 0.2) is 18.2 Å². The zero-order chi connectivity index (χ0) is 22.8. The number of carbonyl (C=O) groups excluding carboxylic acids is 1. The molecule has 4 rings (SSSR count). The number of hydrogen-bond acceptors (Lipinski definition) is 6. The summed E-state index contributed by atoms with van der Waals surface area (Å²) in [5.41, 5.74) is 0.767. The van der Waals surface area contributed by atoms with Crippen LogP contribution < -0.4 is 4.74 Å². The van der Waals surface area contributed by atoms with Crippen molar-refractivity contribution in [3.8, 4) is 17.1 Å². The molecule has 2 atom stereocenters. The second kappa shape index (κ2) is 9.91. The predicted octanol–water partition coefficient (Wildman–Crippen LogP) is 3.57. The third-order valence-corrected chi connectivity index (χ3v) is 6.65. The Hall–Kier alpha value is -1.94. The molecular weight excluding hydrogens is 450 g/mol. The highest BCUT2D eigenvalue weighted by Crippen LogP contribution is 2.30. The molecule has 0 saturated carbocycles. The summed E-state index contributed by atoms with van der Waals surface area (Å²) >= 11 is 11.6. The normalized spacial score (nSPS) is 22.8. The highest BCUT2D eigenvalue weighted by atomic mass is 35.5. The molecule has 3 heterocycles. The minimum atomic E-state index is 0.0739. The summed E-state index contributed by atoms with van der Waals surface area (Å²) in [6.07, 6.45) is 1.87. The van der Waals surface area contributed by atoms with E-state index in [2.05, 4.69) is 15.0 Å². The van der Waals surface area contributed by atoms with Crippen LogP contribution in [-0.4, -0.2) is 76.0 Å². The second-order valence-corrected chi connectivity index (χ2v) is 9.46. The smallest absolute Gasteiger partial charge is 0.225 e. The van der Waals surface area contributed by atoms with Crippen molar-refractivity contribution in [1.29, 1.82) is 0 Å². The lowest BCUT2D eigenvalue weighted by molar-refractivity contribution is -0.149. The van der Waals surface area contributed by atoms with Crippen molar-refractivity contribution >= 4 is 29.7 Å². The number of morpholine rings is 1. The van der Waals surface area contributed by atoms with Crippen molar-refractivity contribution in [2.45, 2.75) is 45.6 Å². The topological polar surface area (TPSA) is 75.6 Å². The summed E-state index contributed by atoms with van der Waals surface area (Å²) < 4.78 is 13.5. The lowest BCUT2D eigenvalue weighted by Crippen LogP contribution is -2.51. The van der Waals surface area contributed by atoms with Crippen LogP contribution in [0, 0.1) is 10.7 Å². The number of benzene rings is 1. The third-order valence-electron chi connectivity index (χ3n) is 6.11. The monoisotopic (exact) mass is 479 g/mol. The van der Waals surface area contributed by atoms with E-state index in [1.165, 1.54) is 0 Å². The number of H-pyrrole nitrogens is 1. The first-order valence-corrected chi connectivity index (χ1v) is 11.8. The number of likely N-dealkylation sites (tertiary alicyclic amines) is 1. The molecule has 1 amide bonds. The maximum atomic E-state index is 13.0. The molecule has 0 bridgehead atoms. The molecule has 2 fully saturated rings. The molecule has 1 N–H and O–H groups in total. The number of hydrogen-bond donors (Lipinski definition) is 1. The number of rotatable bonds is 5. The zero-order valence-electron chi connectivity index (χ0n) is 18.7. The van der Waals surface area contributed by atoms with Crippen molar-refractivity contribution in [3.63, 3.8) is 0 Å². The van der Waals surface area contributed by atoms with Crippen molar-refractivity contribution in [2.75, 3.05) is 33.3 Å². The van der Waals surface area contributed by atoms with E-state index in [0.29, 0.717) is 41.1 Å². The lowest BCUT2D eigenvalue weighted by Gasteiger charge is -2.39. The van der Waals surface area contributed by atoms with Crippen LogP contribution in [0.3, 0.4) is 0 Å². The summed E-state index contributed by atoms with van der Waals surface area (Å²) in [7, 11) is 1.61. The van der Waals surface area contributed by atoms with E-state index in [1.807, 2.05) is 35.6 Å². The number of piperidine rings is 1. The minimum absolute atomic E-state index is 0.0739. The zero-order valence-corrected chi connectivity index (χ0v) is 20.3. The number of methoxy groups -OCH3 is 1. The predicted molar refractivity (Wildman–Crippen MR) is 125 cm³/mol. The van der Waals surface area contributed by atoms with E-state index in [-0.39, 0.29) is 24.0 Å². The van der Waals surface area contributed by atoms with Gasteiger partial charge in [-0.1, -0.05) is 11.6 Å². The van der Waals surface area contributed by atoms with E-state index in [1.54, 1.807) is 13.2 Å². The summed E-state index contributed by atoms with van der Waals surface area (Å²) in [6.45, 7) is 7.69. The molecule has 0 spiro atoms. The van der Waals surface area contributed by atoms with E-state index in [4.69, 9.17) is 33.3 Å². The number of amides is 1. The van der Waals surface area contributed by atoms with Gasteiger partial charge in [0, 0.05) is 37.1 Å². The van der Waals surface area contributed by atoms with Crippen LogP contribution in [0.4, 0.5) is 0 Å². The third kappa shape index (κ3) is 5.17. The summed E-state index contributed by atoms with van der Waals surface area (Å²) in [5.74, 6) is 1.64. The number of halogens is 1. The highest BCUT2D eigenvalue weighted by Gasteiger charge is 2.32. The van der Waals surface area contributed by atoms with Crippen molar-refractivity contribution in [1.82, 2.24) is 24.6 Å². The Kier molecular flexibility index (Phi) is 7.19. The molecule has 2 aromatic rings. The molecule has 174 valence electrons. The van der Waals surface area contributed by atoms with Gasteiger partial charge in [0.05, 0.1) is 31.5 Å². The Morgan fingerprint density at radius 1 is 1.28 bits per heavy atom. The van der Waals surface area contributed by atoms with Gasteiger partial charge in [-0.2, -0.15) is 4.98 Å². The number of nitrogens with one attached hydrogen (secondary N) is 1. The Labute approximate surface area is 198 Å². The SMILES string of the molecule is COc1ccc(Cl)cc1-c1nc(=S)n(CN2CCC(C(=O)N3CC(C)OC(C)C3)CC2)[nH]1. The molecule has 10 heteroatoms. The van der Waals surface area contributed by atoms with Gasteiger partial charge in [0.2, 0.25) is 10.7 Å². The van der Waals surface area contributed by atoms with Gasteiger partial charge in [-0.25, -0.2) is 4.68 Å². The van der Waals surface area contributed by atoms with Crippen LogP contribution in [0.1, 0.15) is 26.7 Å². The number of ether oxygens (including phenoxy) is 2. The number of aromatic amines is 1. The first-order chi connectivity index (χ1) is 15.3. The van der Waals surface area contributed by atoms with Gasteiger partial charge in [0.1, 0.15) is 5.75 Å². The molecule has 0 aliphatic carbocycles. The van der Waals surface area contributed by atoms with Crippen molar-refractivity contribution in [3.05, 3.63) is 28.0 Å². The average Bonchev–Trinajstić information content (AvgIpc) is 3.13. The highest BCUT2D eigenvalue weighted by molar-refractivity contribution is 7.71. The lowest BCUT2D eigenvalue weighted by atomic mass is 9.95. The van der Waals surface area contributed by atoms with E-state index in [0.717, 1.165) is 31.5 Å². The quantitative estimate of drug-likeness (QED) is 0.661. The maximum absolute atomic E-state index is 13.0. The molecule has 1 aromatic heterocycles. The first-order valence-electron chi connectivity index (χ1n) is 11.0. The Morgan fingerprint density at radius 3 is 2.62 bits per heavy atom. The summed E-state index contributed by atoms with van der Waals surface area (Å²) in [4.78, 5) is 21.8. The largest absolute Gasteiger partial charge is 0.496 e. The standard InChI is InChI=1S/C22H30ClN5O3S/c1-14-11-27(12-15(2)31-14)21(29)16-6-8-26(9-7-16)13-28-22(32)24-20(25-28)18-10-17(23)4-5-19(18)30-3/h4-5,10,14-16H,6-9,11-13H2,1-3H3,(H,24,25,32). The average molecular weight is 480 g/mol. The van der Waals surface area contributed by atoms with Crippen molar-refractivity contribution < 1.29 is 14.3 Å². The van der Waals surface area contributed by atoms with Crippen LogP contribution in [0.25, 0.3) is 11.4 Å². The minimum Gasteiger partial charge on any atom is -0.496 e.